The number of carbonyl (C=O) groups excluding carboxylic acids is 1. The highest BCUT2D eigenvalue weighted by atomic mass is 35.5. The molecule has 7 heteroatoms. The number of amides is 1. The Kier molecular flexibility index (Phi) is 3.71. The summed E-state index contributed by atoms with van der Waals surface area (Å²) in [4.78, 5) is 14.2. The van der Waals surface area contributed by atoms with Crippen LogP contribution in [0.25, 0.3) is 11.0 Å². The first-order chi connectivity index (χ1) is 13.0. The van der Waals surface area contributed by atoms with E-state index in [-0.39, 0.29) is 17.2 Å². The normalized spacial score (nSPS) is 21.6. The van der Waals surface area contributed by atoms with Crippen LogP contribution in [0.15, 0.2) is 28.9 Å². The molecule has 3 N–H and O–H groups in total. The van der Waals surface area contributed by atoms with E-state index in [1.54, 1.807) is 11.0 Å². The van der Waals surface area contributed by atoms with E-state index >= 15 is 0 Å². The molecule has 0 bridgehead atoms. The number of likely N-dealkylation sites (tertiary alicyclic amines) is 1. The van der Waals surface area contributed by atoms with Crippen molar-refractivity contribution in [2.75, 3.05) is 18.4 Å². The molecule has 0 atom stereocenters. The van der Waals surface area contributed by atoms with Gasteiger partial charge in [0.25, 0.3) is 5.91 Å². The summed E-state index contributed by atoms with van der Waals surface area (Å²) in [7, 11) is 0. The Morgan fingerprint density at radius 3 is 2.74 bits per heavy atom. The van der Waals surface area contributed by atoms with Crippen molar-refractivity contribution in [3.63, 3.8) is 0 Å². The zero-order valence-electron chi connectivity index (χ0n) is 15.0. The molecule has 2 aromatic rings. The van der Waals surface area contributed by atoms with Crippen LogP contribution in [-0.2, 0) is 5.54 Å². The first-order valence-electron chi connectivity index (χ1n) is 9.45. The van der Waals surface area contributed by atoms with Crippen LogP contribution in [0, 0.1) is 0 Å². The Balaban J connectivity index is 1.66. The molecule has 1 aromatic heterocycles. The lowest BCUT2D eigenvalue weighted by Gasteiger charge is -2.44. The Morgan fingerprint density at radius 2 is 2.04 bits per heavy atom. The molecule has 0 unspecified atom stereocenters. The number of aliphatic hydroxyl groups excluding tert-OH is 1. The minimum atomic E-state index is -0.439. The number of hydrogen-bond donors (Lipinski definition) is 3. The second-order valence-electron chi connectivity index (χ2n) is 7.87. The molecular formula is C20H22ClN3O3. The molecule has 1 saturated carbocycles. The average Bonchev–Trinajstić information content (AvgIpc) is 3.02. The summed E-state index contributed by atoms with van der Waals surface area (Å²) in [5, 5.41) is 17.7. The van der Waals surface area contributed by atoms with E-state index in [1.807, 2.05) is 6.07 Å². The van der Waals surface area contributed by atoms with Gasteiger partial charge in [0.05, 0.1) is 28.2 Å². The van der Waals surface area contributed by atoms with Crippen LogP contribution in [0.2, 0.25) is 5.02 Å². The fourth-order valence-corrected chi connectivity index (χ4v) is 4.93. The molecule has 27 heavy (non-hydrogen) atoms. The summed E-state index contributed by atoms with van der Waals surface area (Å²) >= 11 is 6.60. The number of carbonyl (C=O) groups is 1. The van der Waals surface area contributed by atoms with Crippen LogP contribution >= 0.6 is 11.6 Å². The van der Waals surface area contributed by atoms with Crippen LogP contribution in [0.5, 0.6) is 0 Å². The number of nitrogens with zero attached hydrogens (tertiary/aromatic N) is 1. The predicted octanol–water partition coefficient (Wildman–Crippen LogP) is 3.55. The number of β-amino-alcohol motifs (C(OH)–C–C–N with tert-alkyl or cyclic N) is 1. The van der Waals surface area contributed by atoms with E-state index in [4.69, 9.17) is 16.0 Å². The SMILES string of the molecule is C=C1Nc2c(Cl)cc3cc(C(=O)N4CC(O)C4)oc3c2C2(CCCCC2)N1. The molecule has 1 aliphatic carbocycles. The number of hydrogen-bond acceptors (Lipinski definition) is 5. The van der Waals surface area contributed by atoms with E-state index in [9.17, 15) is 9.90 Å². The van der Waals surface area contributed by atoms with Gasteiger partial charge in [-0.1, -0.05) is 37.4 Å². The van der Waals surface area contributed by atoms with Crippen LogP contribution in [0.3, 0.4) is 0 Å². The van der Waals surface area contributed by atoms with Crippen molar-refractivity contribution < 1.29 is 14.3 Å². The molecule has 6 nitrogen and oxygen atoms in total. The van der Waals surface area contributed by atoms with Crippen molar-refractivity contribution >= 4 is 34.2 Å². The zero-order valence-corrected chi connectivity index (χ0v) is 15.7. The van der Waals surface area contributed by atoms with Gasteiger partial charge >= 0.3 is 0 Å². The Hall–Kier alpha value is -2.18. The summed E-state index contributed by atoms with van der Waals surface area (Å²) in [5.74, 6) is 0.833. The van der Waals surface area contributed by atoms with Crippen molar-refractivity contribution in [1.29, 1.82) is 0 Å². The third-order valence-corrected chi connectivity index (χ3v) is 6.27. The quantitative estimate of drug-likeness (QED) is 0.697. The summed E-state index contributed by atoms with van der Waals surface area (Å²) in [6.07, 6.45) is 4.95. The van der Waals surface area contributed by atoms with Crippen molar-refractivity contribution in [3.8, 4) is 0 Å². The van der Waals surface area contributed by atoms with Crippen molar-refractivity contribution in [3.05, 3.63) is 40.9 Å². The second kappa shape index (κ2) is 5.91. The highest BCUT2D eigenvalue weighted by Gasteiger charge is 2.42. The fourth-order valence-electron chi connectivity index (χ4n) is 4.67. The molecule has 3 heterocycles. The van der Waals surface area contributed by atoms with E-state index in [1.165, 1.54) is 6.42 Å². The minimum absolute atomic E-state index is 0.194. The Morgan fingerprint density at radius 1 is 1.30 bits per heavy atom. The molecule has 2 fully saturated rings. The van der Waals surface area contributed by atoms with E-state index < -0.39 is 6.10 Å². The van der Waals surface area contributed by atoms with Gasteiger partial charge in [0, 0.05) is 24.0 Å². The molecule has 0 radical (unpaired) electrons. The van der Waals surface area contributed by atoms with E-state index in [0.29, 0.717) is 23.7 Å². The van der Waals surface area contributed by atoms with Gasteiger partial charge in [-0.05, 0) is 25.0 Å². The van der Waals surface area contributed by atoms with Crippen LogP contribution in [-0.4, -0.2) is 35.1 Å². The molecular weight excluding hydrogens is 366 g/mol. The van der Waals surface area contributed by atoms with Crippen LogP contribution in [0.4, 0.5) is 5.69 Å². The molecule has 1 saturated heterocycles. The topological polar surface area (TPSA) is 77.7 Å². The van der Waals surface area contributed by atoms with Gasteiger partial charge in [-0.25, -0.2) is 0 Å². The number of aliphatic hydroxyl groups is 1. The lowest BCUT2D eigenvalue weighted by atomic mass is 9.74. The molecule has 5 rings (SSSR count). The zero-order chi connectivity index (χ0) is 18.8. The molecule has 1 spiro atoms. The largest absolute Gasteiger partial charge is 0.450 e. The highest BCUT2D eigenvalue weighted by molar-refractivity contribution is 6.34. The smallest absolute Gasteiger partial charge is 0.289 e. The highest BCUT2D eigenvalue weighted by Crippen LogP contribution is 2.49. The Labute approximate surface area is 162 Å². The third kappa shape index (κ3) is 2.54. The molecule has 2 aliphatic heterocycles. The maximum absolute atomic E-state index is 12.7. The number of furan rings is 1. The number of anilines is 1. The number of nitrogens with one attached hydrogen (secondary N) is 2. The number of halogens is 1. The number of rotatable bonds is 1. The summed E-state index contributed by atoms with van der Waals surface area (Å²) in [6.45, 7) is 4.77. The maximum atomic E-state index is 12.7. The Bertz CT molecular complexity index is 955. The lowest BCUT2D eigenvalue weighted by Crippen LogP contribution is -2.53. The van der Waals surface area contributed by atoms with Gasteiger partial charge in [0.2, 0.25) is 0 Å². The van der Waals surface area contributed by atoms with E-state index in [0.717, 1.165) is 48.1 Å². The summed E-state index contributed by atoms with van der Waals surface area (Å²) < 4.78 is 6.10. The average molecular weight is 388 g/mol. The third-order valence-electron chi connectivity index (χ3n) is 5.97. The van der Waals surface area contributed by atoms with Gasteiger partial charge in [-0.2, -0.15) is 0 Å². The maximum Gasteiger partial charge on any atom is 0.289 e. The first kappa shape index (κ1) is 17.0. The minimum Gasteiger partial charge on any atom is -0.450 e. The van der Waals surface area contributed by atoms with Crippen molar-refractivity contribution in [2.45, 2.75) is 43.7 Å². The standard InChI is InChI=1S/C20H22ClN3O3/c1-11-22-17-14(21)7-12-8-15(19(26)24-9-13(25)10-24)27-18(12)16(17)20(23-11)5-3-2-4-6-20/h7-8,13,22-23,25H,1-6,9-10H2. The first-order valence-corrected chi connectivity index (χ1v) is 9.83. The summed E-state index contributed by atoms with van der Waals surface area (Å²) in [5.41, 5.74) is 2.25. The molecule has 142 valence electrons. The monoisotopic (exact) mass is 387 g/mol. The number of fused-ring (bicyclic) bond motifs is 4. The van der Waals surface area contributed by atoms with Gasteiger partial charge in [-0.15, -0.1) is 0 Å². The molecule has 3 aliphatic rings. The van der Waals surface area contributed by atoms with Gasteiger partial charge in [-0.3, -0.25) is 4.79 Å². The van der Waals surface area contributed by atoms with Gasteiger partial charge < -0.3 is 25.1 Å². The predicted molar refractivity (Wildman–Crippen MR) is 104 cm³/mol. The van der Waals surface area contributed by atoms with Gasteiger partial charge in [0.15, 0.2) is 5.76 Å². The van der Waals surface area contributed by atoms with Crippen molar-refractivity contribution in [2.24, 2.45) is 0 Å². The van der Waals surface area contributed by atoms with Gasteiger partial charge in [0.1, 0.15) is 5.58 Å². The van der Waals surface area contributed by atoms with Crippen LogP contribution < -0.4 is 10.6 Å². The van der Waals surface area contributed by atoms with Crippen LogP contribution in [0.1, 0.15) is 48.2 Å². The number of benzene rings is 1. The fraction of sp³-hybridized carbons (Fsp3) is 0.450. The molecule has 1 aromatic carbocycles. The second-order valence-corrected chi connectivity index (χ2v) is 8.28. The van der Waals surface area contributed by atoms with Crippen molar-refractivity contribution in [1.82, 2.24) is 10.2 Å². The lowest BCUT2D eigenvalue weighted by molar-refractivity contribution is 0.00405. The van der Waals surface area contributed by atoms with E-state index in [2.05, 4.69) is 17.2 Å². The molecule has 1 amide bonds. The summed E-state index contributed by atoms with van der Waals surface area (Å²) in [6, 6.07) is 3.59.